The number of furan rings is 1. The van der Waals surface area contributed by atoms with Crippen molar-refractivity contribution in [2.75, 3.05) is 5.32 Å². The van der Waals surface area contributed by atoms with E-state index in [1.165, 1.54) is 11.3 Å². The summed E-state index contributed by atoms with van der Waals surface area (Å²) >= 11 is 1.46. The van der Waals surface area contributed by atoms with E-state index in [1.807, 2.05) is 24.3 Å². The molecule has 2 amide bonds. The summed E-state index contributed by atoms with van der Waals surface area (Å²) in [5.41, 5.74) is 7.73. The number of fused-ring (bicyclic) bond motifs is 2. The number of carbonyl (C=O) groups excluding carboxylic acids is 2. The van der Waals surface area contributed by atoms with Gasteiger partial charge >= 0.3 is 0 Å². The highest BCUT2D eigenvalue weighted by molar-refractivity contribution is 7.17. The molecule has 3 N–H and O–H groups in total. The molecule has 0 bridgehead atoms. The number of aryl methyl sites for hydroxylation is 1. The molecule has 0 unspecified atom stereocenters. The van der Waals surface area contributed by atoms with Gasteiger partial charge in [-0.2, -0.15) is 0 Å². The molecule has 1 aliphatic rings. The maximum absolute atomic E-state index is 12.6. The number of para-hydroxylation sites is 1. The lowest BCUT2D eigenvalue weighted by Gasteiger charge is -2.04. The number of amides is 2. The minimum Gasteiger partial charge on any atom is -0.451 e. The van der Waals surface area contributed by atoms with E-state index in [2.05, 4.69) is 5.32 Å². The average Bonchev–Trinajstić information content (AvgIpc) is 3.09. The van der Waals surface area contributed by atoms with Crippen molar-refractivity contribution in [1.29, 1.82) is 0 Å². The summed E-state index contributed by atoms with van der Waals surface area (Å²) in [5, 5.41) is 4.23. The Hall–Kier alpha value is -2.60. The topological polar surface area (TPSA) is 85.3 Å². The van der Waals surface area contributed by atoms with Gasteiger partial charge in [0.2, 0.25) is 0 Å². The zero-order valence-electron chi connectivity index (χ0n) is 13.6. The fourth-order valence-corrected chi connectivity index (χ4v) is 4.64. The number of hydrogen-bond donors (Lipinski definition) is 2. The third-order valence-corrected chi connectivity index (χ3v) is 5.75. The van der Waals surface area contributed by atoms with Crippen molar-refractivity contribution in [2.24, 2.45) is 5.73 Å². The van der Waals surface area contributed by atoms with E-state index >= 15 is 0 Å². The van der Waals surface area contributed by atoms with Crippen LogP contribution in [-0.4, -0.2) is 11.8 Å². The maximum atomic E-state index is 12.6. The molecule has 5 nitrogen and oxygen atoms in total. The van der Waals surface area contributed by atoms with Crippen molar-refractivity contribution in [3.05, 3.63) is 52.1 Å². The standard InChI is InChI=1S/C19H18N2O3S/c20-17(22)16-12-7-2-1-3-9-15(12)25-19(16)21-18(23)14-10-11-6-4-5-8-13(11)24-14/h4-6,8,10H,1-3,7,9H2,(H2,20,22)(H,21,23). The molecule has 0 atom stereocenters. The molecule has 4 rings (SSSR count). The summed E-state index contributed by atoms with van der Waals surface area (Å²) < 4.78 is 5.60. The Kier molecular flexibility index (Phi) is 4.05. The van der Waals surface area contributed by atoms with Crippen LogP contribution < -0.4 is 11.1 Å². The third kappa shape index (κ3) is 2.93. The van der Waals surface area contributed by atoms with Gasteiger partial charge in [-0.25, -0.2) is 0 Å². The summed E-state index contributed by atoms with van der Waals surface area (Å²) in [6.45, 7) is 0. The van der Waals surface area contributed by atoms with Gasteiger partial charge in [0.15, 0.2) is 5.76 Å². The van der Waals surface area contributed by atoms with Crippen molar-refractivity contribution in [2.45, 2.75) is 32.1 Å². The molecule has 0 saturated carbocycles. The molecule has 0 saturated heterocycles. The van der Waals surface area contributed by atoms with E-state index in [0.29, 0.717) is 16.1 Å². The van der Waals surface area contributed by atoms with Gasteiger partial charge in [-0.05, 0) is 43.4 Å². The van der Waals surface area contributed by atoms with Gasteiger partial charge in [0.25, 0.3) is 11.8 Å². The SMILES string of the molecule is NC(=O)c1c(NC(=O)c2cc3ccccc3o2)sc2c1CCCCC2. The smallest absolute Gasteiger partial charge is 0.292 e. The van der Waals surface area contributed by atoms with Gasteiger partial charge in [-0.1, -0.05) is 24.6 Å². The quantitative estimate of drug-likeness (QED) is 0.694. The van der Waals surface area contributed by atoms with Gasteiger partial charge in [-0.3, -0.25) is 9.59 Å². The van der Waals surface area contributed by atoms with E-state index in [-0.39, 0.29) is 11.7 Å². The third-order valence-electron chi connectivity index (χ3n) is 4.54. The predicted octanol–water partition coefficient (Wildman–Crippen LogP) is 4.11. The molecule has 25 heavy (non-hydrogen) atoms. The van der Waals surface area contributed by atoms with Crippen LogP contribution in [0.15, 0.2) is 34.7 Å². The number of anilines is 1. The Morgan fingerprint density at radius 2 is 1.92 bits per heavy atom. The number of nitrogens with two attached hydrogens (primary N) is 1. The molecule has 1 aromatic carbocycles. The molecule has 0 fully saturated rings. The minimum absolute atomic E-state index is 0.222. The Balaban J connectivity index is 1.67. The van der Waals surface area contributed by atoms with Crippen LogP contribution in [0.25, 0.3) is 11.0 Å². The number of thiophene rings is 1. The first-order valence-corrected chi connectivity index (χ1v) is 9.19. The van der Waals surface area contributed by atoms with Gasteiger partial charge in [0, 0.05) is 10.3 Å². The summed E-state index contributed by atoms with van der Waals surface area (Å²) in [7, 11) is 0. The highest BCUT2D eigenvalue weighted by Crippen LogP contribution is 2.37. The van der Waals surface area contributed by atoms with Crippen LogP contribution in [0.3, 0.4) is 0 Å². The lowest BCUT2D eigenvalue weighted by molar-refractivity contribution is 0.0999. The normalized spacial score (nSPS) is 14.1. The average molecular weight is 354 g/mol. The van der Waals surface area contributed by atoms with E-state index in [1.54, 1.807) is 6.07 Å². The highest BCUT2D eigenvalue weighted by atomic mass is 32.1. The Labute approximate surface area is 148 Å². The molecule has 2 aromatic heterocycles. The monoisotopic (exact) mass is 354 g/mol. The lowest BCUT2D eigenvalue weighted by Crippen LogP contribution is -2.17. The fraction of sp³-hybridized carbons (Fsp3) is 0.263. The minimum atomic E-state index is -0.487. The van der Waals surface area contributed by atoms with Gasteiger partial charge in [0.05, 0.1) is 5.56 Å². The first-order chi connectivity index (χ1) is 12.1. The summed E-state index contributed by atoms with van der Waals surface area (Å²) in [5.74, 6) is -0.630. The molecule has 1 aliphatic carbocycles. The van der Waals surface area contributed by atoms with Crippen LogP contribution in [-0.2, 0) is 12.8 Å². The lowest BCUT2D eigenvalue weighted by atomic mass is 10.1. The number of hydrogen-bond acceptors (Lipinski definition) is 4. The van der Waals surface area contributed by atoms with Crippen LogP contribution in [0.5, 0.6) is 0 Å². The molecule has 0 spiro atoms. The van der Waals surface area contributed by atoms with Crippen LogP contribution in [0.4, 0.5) is 5.00 Å². The molecule has 2 heterocycles. The molecule has 128 valence electrons. The van der Waals surface area contributed by atoms with Crippen LogP contribution in [0.2, 0.25) is 0 Å². The Morgan fingerprint density at radius 3 is 2.72 bits per heavy atom. The van der Waals surface area contributed by atoms with Crippen LogP contribution in [0, 0.1) is 0 Å². The molecular weight excluding hydrogens is 336 g/mol. The molecule has 3 aromatic rings. The van der Waals surface area contributed by atoms with Crippen molar-refractivity contribution in [3.63, 3.8) is 0 Å². The van der Waals surface area contributed by atoms with Crippen molar-refractivity contribution < 1.29 is 14.0 Å². The van der Waals surface area contributed by atoms with Gasteiger partial charge in [-0.15, -0.1) is 11.3 Å². The second kappa shape index (κ2) is 6.37. The first kappa shape index (κ1) is 15.9. The second-order valence-electron chi connectivity index (χ2n) is 6.24. The van der Waals surface area contributed by atoms with Crippen molar-refractivity contribution >= 4 is 39.1 Å². The fourth-order valence-electron chi connectivity index (χ4n) is 3.35. The summed E-state index contributed by atoms with van der Waals surface area (Å²) in [6.07, 6.45) is 5.06. The summed E-state index contributed by atoms with van der Waals surface area (Å²) in [4.78, 5) is 25.7. The molecule has 0 aliphatic heterocycles. The summed E-state index contributed by atoms with van der Waals surface area (Å²) in [6, 6.07) is 9.15. The van der Waals surface area contributed by atoms with Crippen molar-refractivity contribution in [1.82, 2.24) is 0 Å². The Bertz CT molecular complexity index is 937. The number of benzene rings is 1. The van der Waals surface area contributed by atoms with Crippen molar-refractivity contribution in [3.8, 4) is 0 Å². The van der Waals surface area contributed by atoms with E-state index in [4.69, 9.17) is 10.2 Å². The largest absolute Gasteiger partial charge is 0.451 e. The molecule has 6 heteroatoms. The maximum Gasteiger partial charge on any atom is 0.292 e. The first-order valence-electron chi connectivity index (χ1n) is 8.38. The second-order valence-corrected chi connectivity index (χ2v) is 7.34. The number of primary amides is 1. The zero-order valence-corrected chi connectivity index (χ0v) is 14.4. The van der Waals surface area contributed by atoms with E-state index < -0.39 is 5.91 Å². The number of nitrogens with one attached hydrogen (secondary N) is 1. The van der Waals surface area contributed by atoms with Crippen LogP contribution in [0.1, 0.15) is 50.6 Å². The molecular formula is C19H18N2O3S. The zero-order chi connectivity index (χ0) is 17.4. The molecule has 0 radical (unpaired) electrons. The van der Waals surface area contributed by atoms with Gasteiger partial charge < -0.3 is 15.5 Å². The van der Waals surface area contributed by atoms with E-state index in [0.717, 1.165) is 47.9 Å². The number of carbonyl (C=O) groups is 2. The highest BCUT2D eigenvalue weighted by Gasteiger charge is 2.25. The Morgan fingerprint density at radius 1 is 1.12 bits per heavy atom. The van der Waals surface area contributed by atoms with Gasteiger partial charge in [0.1, 0.15) is 10.6 Å². The number of rotatable bonds is 3. The predicted molar refractivity (Wildman–Crippen MR) is 98.3 cm³/mol. The van der Waals surface area contributed by atoms with Crippen LogP contribution >= 0.6 is 11.3 Å². The van der Waals surface area contributed by atoms with E-state index in [9.17, 15) is 9.59 Å².